The summed E-state index contributed by atoms with van der Waals surface area (Å²) in [6, 6.07) is 20.9. The van der Waals surface area contributed by atoms with Crippen molar-refractivity contribution in [2.24, 2.45) is 0 Å². The maximum absolute atomic E-state index is 12.7. The van der Waals surface area contributed by atoms with Gasteiger partial charge in [-0.25, -0.2) is 0 Å². The highest BCUT2D eigenvalue weighted by molar-refractivity contribution is 6.05. The first kappa shape index (κ1) is 21.2. The van der Waals surface area contributed by atoms with Gasteiger partial charge in [-0.3, -0.25) is 4.79 Å². The van der Waals surface area contributed by atoms with Crippen molar-refractivity contribution in [3.8, 4) is 0 Å². The van der Waals surface area contributed by atoms with E-state index in [0.29, 0.717) is 5.57 Å². The van der Waals surface area contributed by atoms with E-state index in [4.69, 9.17) is 0 Å². The Morgan fingerprint density at radius 3 is 2.15 bits per heavy atom. The zero-order valence-electron chi connectivity index (χ0n) is 16.0. The molecule has 144 valence electrons. The van der Waals surface area contributed by atoms with E-state index >= 15 is 0 Å². The van der Waals surface area contributed by atoms with Crippen molar-refractivity contribution in [3.63, 3.8) is 0 Å². The zero-order chi connectivity index (χ0) is 18.4. The van der Waals surface area contributed by atoms with Gasteiger partial charge in [-0.05, 0) is 43.9 Å². The van der Waals surface area contributed by atoms with Crippen LogP contribution in [0.25, 0.3) is 0 Å². The van der Waals surface area contributed by atoms with E-state index in [0.717, 1.165) is 44.6 Å². The highest BCUT2D eigenvalue weighted by atomic mass is 35.5. The van der Waals surface area contributed by atoms with Crippen molar-refractivity contribution in [1.82, 2.24) is 4.90 Å². The molecule has 1 heterocycles. The smallest absolute Gasteiger partial charge is 0.253 e. The fourth-order valence-corrected chi connectivity index (χ4v) is 3.62. The molecule has 0 unspecified atom stereocenters. The third-order valence-electron chi connectivity index (χ3n) is 5.10. The molecule has 1 aliphatic rings. The van der Waals surface area contributed by atoms with E-state index in [9.17, 15) is 4.79 Å². The van der Waals surface area contributed by atoms with Gasteiger partial charge in [0.2, 0.25) is 0 Å². The average molecular weight is 385 g/mol. The molecule has 0 radical (unpaired) electrons. The van der Waals surface area contributed by atoms with Gasteiger partial charge in [-0.15, -0.1) is 12.4 Å². The summed E-state index contributed by atoms with van der Waals surface area (Å²) >= 11 is 0. The number of hydrogen-bond acceptors (Lipinski definition) is 2. The van der Waals surface area contributed by atoms with Crippen LogP contribution in [0.3, 0.4) is 0 Å². The molecule has 1 amide bonds. The number of carbonyl (C=O) groups excluding carboxylic acids is 1. The summed E-state index contributed by atoms with van der Waals surface area (Å²) in [5.41, 5.74) is 2.96. The van der Waals surface area contributed by atoms with Crippen LogP contribution in [0.4, 0.5) is 5.69 Å². The fraction of sp³-hybridized carbons (Fsp3) is 0.348. The van der Waals surface area contributed by atoms with Gasteiger partial charge in [0.1, 0.15) is 0 Å². The third kappa shape index (κ3) is 5.69. The summed E-state index contributed by atoms with van der Waals surface area (Å²) in [5, 5.41) is 0. The lowest BCUT2D eigenvalue weighted by atomic mass is 10.0. The number of benzene rings is 2. The average Bonchev–Trinajstić information content (AvgIpc) is 2.69. The summed E-state index contributed by atoms with van der Waals surface area (Å²) in [7, 11) is 0. The first-order chi connectivity index (χ1) is 12.6. The number of nitrogens with zero attached hydrogens (tertiary/aromatic N) is 2. The van der Waals surface area contributed by atoms with Gasteiger partial charge in [-0.1, -0.05) is 55.1 Å². The predicted molar refractivity (Wildman–Crippen MR) is 116 cm³/mol. The quantitative estimate of drug-likeness (QED) is 0.672. The molecule has 0 atom stereocenters. The van der Waals surface area contributed by atoms with Crippen LogP contribution in [0.15, 0.2) is 72.8 Å². The minimum absolute atomic E-state index is 0. The third-order valence-corrected chi connectivity index (χ3v) is 5.10. The van der Waals surface area contributed by atoms with Crippen LogP contribution in [0.1, 0.15) is 25.3 Å². The van der Waals surface area contributed by atoms with Gasteiger partial charge >= 0.3 is 0 Å². The molecular formula is C23H29ClN2O. The van der Waals surface area contributed by atoms with E-state index in [1.54, 1.807) is 6.92 Å². The standard InChI is InChI=1S/C23H28N2O.ClH/c1-19(2)23(26)25(21-11-7-4-8-12-21)22-14-17-24(18-15-22)16-13-20-9-5-3-6-10-20;/h3-12,22H,1,13-18H2,2H3;1H. The second-order valence-electron chi connectivity index (χ2n) is 7.10. The SMILES string of the molecule is C=C(C)C(=O)N(c1ccccc1)C1CCN(CCc2ccccc2)CC1.Cl. The molecule has 2 aromatic carbocycles. The fourth-order valence-electron chi connectivity index (χ4n) is 3.62. The summed E-state index contributed by atoms with van der Waals surface area (Å²) < 4.78 is 0. The molecule has 0 bridgehead atoms. The van der Waals surface area contributed by atoms with Gasteiger partial charge < -0.3 is 9.80 Å². The van der Waals surface area contributed by atoms with Gasteiger partial charge in [-0.2, -0.15) is 0 Å². The maximum atomic E-state index is 12.7. The monoisotopic (exact) mass is 384 g/mol. The number of hydrogen-bond donors (Lipinski definition) is 0. The van der Waals surface area contributed by atoms with Crippen molar-refractivity contribution in [3.05, 3.63) is 78.4 Å². The number of carbonyl (C=O) groups is 1. The first-order valence-corrected chi connectivity index (χ1v) is 9.45. The van der Waals surface area contributed by atoms with Crippen LogP contribution in [0.2, 0.25) is 0 Å². The number of amides is 1. The van der Waals surface area contributed by atoms with E-state index in [1.165, 1.54) is 5.56 Å². The highest BCUT2D eigenvalue weighted by Gasteiger charge is 2.29. The van der Waals surface area contributed by atoms with Crippen molar-refractivity contribution >= 4 is 24.0 Å². The summed E-state index contributed by atoms with van der Waals surface area (Å²) in [6.07, 6.45) is 3.09. The van der Waals surface area contributed by atoms with Crippen LogP contribution >= 0.6 is 12.4 Å². The van der Waals surface area contributed by atoms with Crippen molar-refractivity contribution in [2.75, 3.05) is 24.5 Å². The minimum atomic E-state index is 0. The highest BCUT2D eigenvalue weighted by Crippen LogP contribution is 2.25. The topological polar surface area (TPSA) is 23.6 Å². The van der Waals surface area contributed by atoms with E-state index in [-0.39, 0.29) is 24.4 Å². The minimum Gasteiger partial charge on any atom is -0.306 e. The molecule has 0 N–H and O–H groups in total. The van der Waals surface area contributed by atoms with Crippen molar-refractivity contribution in [2.45, 2.75) is 32.2 Å². The Balaban J connectivity index is 0.00000261. The van der Waals surface area contributed by atoms with E-state index < -0.39 is 0 Å². The number of halogens is 1. The number of para-hydroxylation sites is 1. The Bertz CT molecular complexity index is 725. The second-order valence-corrected chi connectivity index (χ2v) is 7.10. The molecule has 0 saturated carbocycles. The summed E-state index contributed by atoms with van der Waals surface area (Å²) in [6.45, 7) is 8.82. The summed E-state index contributed by atoms with van der Waals surface area (Å²) in [4.78, 5) is 17.2. The molecule has 27 heavy (non-hydrogen) atoms. The number of likely N-dealkylation sites (tertiary alicyclic amines) is 1. The molecule has 1 aliphatic heterocycles. The molecule has 0 aliphatic carbocycles. The van der Waals surface area contributed by atoms with E-state index in [1.807, 2.05) is 35.2 Å². The van der Waals surface area contributed by atoms with Crippen molar-refractivity contribution < 1.29 is 4.79 Å². The second kappa shape index (κ2) is 10.3. The number of piperidine rings is 1. The van der Waals surface area contributed by atoms with E-state index in [2.05, 4.69) is 41.8 Å². The van der Waals surface area contributed by atoms with Gasteiger partial charge in [0, 0.05) is 36.9 Å². The Morgan fingerprint density at radius 1 is 1.04 bits per heavy atom. The van der Waals surface area contributed by atoms with Gasteiger partial charge in [0.05, 0.1) is 0 Å². The molecule has 1 saturated heterocycles. The lowest BCUT2D eigenvalue weighted by Crippen LogP contribution is -2.48. The maximum Gasteiger partial charge on any atom is 0.253 e. The molecule has 3 rings (SSSR count). The molecule has 4 heteroatoms. The number of rotatable bonds is 6. The normalized spacial score (nSPS) is 15.0. The van der Waals surface area contributed by atoms with Crippen molar-refractivity contribution in [1.29, 1.82) is 0 Å². The largest absolute Gasteiger partial charge is 0.306 e. The van der Waals surface area contributed by atoms with Crippen LogP contribution in [-0.2, 0) is 11.2 Å². The lowest BCUT2D eigenvalue weighted by Gasteiger charge is -2.38. The lowest BCUT2D eigenvalue weighted by molar-refractivity contribution is -0.115. The predicted octanol–water partition coefficient (Wildman–Crippen LogP) is 4.72. The Hall–Kier alpha value is -2.10. The zero-order valence-corrected chi connectivity index (χ0v) is 16.8. The molecule has 0 aromatic heterocycles. The van der Waals surface area contributed by atoms with Crippen LogP contribution in [0, 0.1) is 0 Å². The van der Waals surface area contributed by atoms with Crippen LogP contribution in [0.5, 0.6) is 0 Å². The molecule has 1 fully saturated rings. The summed E-state index contributed by atoms with van der Waals surface area (Å²) in [5.74, 6) is 0.0407. The molecule has 3 nitrogen and oxygen atoms in total. The Labute approximate surface area is 169 Å². The Kier molecular flexibility index (Phi) is 8.08. The first-order valence-electron chi connectivity index (χ1n) is 9.45. The van der Waals surface area contributed by atoms with Crippen LogP contribution in [-0.4, -0.2) is 36.5 Å². The Morgan fingerprint density at radius 2 is 1.59 bits per heavy atom. The van der Waals surface area contributed by atoms with Gasteiger partial charge in [0.25, 0.3) is 5.91 Å². The number of anilines is 1. The van der Waals surface area contributed by atoms with Crippen LogP contribution < -0.4 is 4.90 Å². The van der Waals surface area contributed by atoms with Gasteiger partial charge in [0.15, 0.2) is 0 Å². The molecule has 0 spiro atoms. The molecular weight excluding hydrogens is 356 g/mol. The molecule has 2 aromatic rings.